The predicted molar refractivity (Wildman–Crippen MR) is 67.7 cm³/mol. The van der Waals surface area contributed by atoms with Crippen molar-refractivity contribution in [1.82, 2.24) is 10.2 Å². The molecular formula is C14H22N2O2. The Balaban J connectivity index is 1.73. The van der Waals surface area contributed by atoms with Crippen LogP contribution in [0.3, 0.4) is 0 Å². The van der Waals surface area contributed by atoms with E-state index < -0.39 is 0 Å². The molecule has 2 bridgehead atoms. The van der Waals surface area contributed by atoms with E-state index in [9.17, 15) is 9.59 Å². The quantitative estimate of drug-likeness (QED) is 0.799. The van der Waals surface area contributed by atoms with Crippen LogP contribution in [0.15, 0.2) is 0 Å². The van der Waals surface area contributed by atoms with Gasteiger partial charge in [0.15, 0.2) is 0 Å². The maximum absolute atomic E-state index is 12.2. The first-order chi connectivity index (χ1) is 8.56. The lowest BCUT2D eigenvalue weighted by molar-refractivity contribution is -0.147. The van der Waals surface area contributed by atoms with Crippen molar-refractivity contribution >= 4 is 11.8 Å². The average molecular weight is 250 g/mol. The minimum atomic E-state index is -0.354. The Morgan fingerprint density at radius 1 is 1.28 bits per heavy atom. The Bertz CT molecular complexity index is 382. The second kappa shape index (κ2) is 4.25. The normalized spacial score (nSPS) is 41.1. The molecule has 1 saturated heterocycles. The molecule has 3 rings (SSSR count). The highest BCUT2D eigenvalue weighted by atomic mass is 16.2. The molecule has 0 radical (unpaired) electrons. The second-order valence-electron chi connectivity index (χ2n) is 6.33. The van der Waals surface area contributed by atoms with Gasteiger partial charge in [0.05, 0.1) is 6.54 Å². The SMILES string of the molecule is CC1NC(=O)CN(C(C)C2CC3CCC2C3)C1=O. The zero-order chi connectivity index (χ0) is 12.9. The molecule has 18 heavy (non-hydrogen) atoms. The summed E-state index contributed by atoms with van der Waals surface area (Å²) < 4.78 is 0. The molecule has 3 fully saturated rings. The molecule has 2 saturated carbocycles. The molecule has 0 aromatic rings. The third-order valence-electron chi connectivity index (χ3n) is 5.25. The topological polar surface area (TPSA) is 49.4 Å². The summed E-state index contributed by atoms with van der Waals surface area (Å²) in [7, 11) is 0. The van der Waals surface area contributed by atoms with Crippen LogP contribution in [0.2, 0.25) is 0 Å². The molecule has 1 N–H and O–H groups in total. The van der Waals surface area contributed by atoms with Crippen molar-refractivity contribution in [1.29, 1.82) is 0 Å². The van der Waals surface area contributed by atoms with Gasteiger partial charge in [0.25, 0.3) is 0 Å². The number of carbonyl (C=O) groups excluding carboxylic acids is 2. The van der Waals surface area contributed by atoms with Crippen LogP contribution in [0.4, 0.5) is 0 Å². The van der Waals surface area contributed by atoms with Gasteiger partial charge in [-0.3, -0.25) is 9.59 Å². The first-order valence-electron chi connectivity index (χ1n) is 7.16. The van der Waals surface area contributed by atoms with Crippen molar-refractivity contribution in [2.75, 3.05) is 6.54 Å². The van der Waals surface area contributed by atoms with Crippen molar-refractivity contribution in [2.45, 2.75) is 51.6 Å². The molecule has 4 heteroatoms. The smallest absolute Gasteiger partial charge is 0.245 e. The van der Waals surface area contributed by atoms with Crippen LogP contribution in [0.1, 0.15) is 39.5 Å². The van der Waals surface area contributed by atoms with E-state index in [0.717, 1.165) is 11.8 Å². The van der Waals surface area contributed by atoms with Gasteiger partial charge in [0, 0.05) is 6.04 Å². The molecule has 100 valence electrons. The number of hydrogen-bond acceptors (Lipinski definition) is 2. The lowest BCUT2D eigenvalue weighted by Crippen LogP contribution is -2.60. The number of piperazine rings is 1. The summed E-state index contributed by atoms with van der Waals surface area (Å²) in [4.78, 5) is 25.6. The van der Waals surface area contributed by atoms with E-state index in [2.05, 4.69) is 12.2 Å². The molecule has 0 aromatic carbocycles. The van der Waals surface area contributed by atoms with Crippen LogP contribution < -0.4 is 5.32 Å². The molecular weight excluding hydrogens is 228 g/mol. The first kappa shape index (κ1) is 12.0. The van der Waals surface area contributed by atoms with Crippen molar-refractivity contribution in [3.8, 4) is 0 Å². The number of carbonyl (C=O) groups is 2. The molecule has 2 amide bonds. The third-order valence-corrected chi connectivity index (χ3v) is 5.25. The van der Waals surface area contributed by atoms with Gasteiger partial charge in [0.2, 0.25) is 11.8 Å². The zero-order valence-electron chi connectivity index (χ0n) is 11.2. The number of nitrogens with one attached hydrogen (secondary N) is 1. The zero-order valence-corrected chi connectivity index (χ0v) is 11.2. The van der Waals surface area contributed by atoms with Crippen LogP contribution >= 0.6 is 0 Å². The van der Waals surface area contributed by atoms with Gasteiger partial charge < -0.3 is 10.2 Å². The molecule has 1 aliphatic heterocycles. The number of fused-ring (bicyclic) bond motifs is 2. The largest absolute Gasteiger partial charge is 0.343 e. The molecule has 0 aromatic heterocycles. The van der Waals surface area contributed by atoms with Gasteiger partial charge in [-0.1, -0.05) is 6.42 Å². The highest BCUT2D eigenvalue weighted by molar-refractivity contribution is 5.94. The number of hydrogen-bond donors (Lipinski definition) is 1. The molecule has 2 aliphatic carbocycles. The summed E-state index contributed by atoms with van der Waals surface area (Å²) in [6.07, 6.45) is 5.30. The van der Waals surface area contributed by atoms with Crippen molar-refractivity contribution in [3.05, 3.63) is 0 Å². The van der Waals surface area contributed by atoms with Crippen LogP contribution in [0.25, 0.3) is 0 Å². The summed E-state index contributed by atoms with van der Waals surface area (Å²) >= 11 is 0. The monoisotopic (exact) mass is 250 g/mol. The average Bonchev–Trinajstić information content (AvgIpc) is 2.94. The van der Waals surface area contributed by atoms with Gasteiger partial charge in [-0.2, -0.15) is 0 Å². The predicted octanol–water partition coefficient (Wildman–Crippen LogP) is 1.16. The number of rotatable bonds is 2. The van der Waals surface area contributed by atoms with Gasteiger partial charge in [-0.15, -0.1) is 0 Å². The van der Waals surface area contributed by atoms with Gasteiger partial charge in [0.1, 0.15) is 6.04 Å². The summed E-state index contributed by atoms with van der Waals surface area (Å²) in [5, 5.41) is 2.71. The standard InChI is InChI=1S/C14H22N2O2/c1-8-14(18)16(7-13(17)15-8)9(2)12-6-10-3-4-11(12)5-10/h8-12H,3-7H2,1-2H3,(H,15,17). The minimum absolute atomic E-state index is 0.0166. The van der Waals surface area contributed by atoms with Crippen LogP contribution in [-0.4, -0.2) is 35.3 Å². The Morgan fingerprint density at radius 3 is 2.67 bits per heavy atom. The van der Waals surface area contributed by atoms with E-state index >= 15 is 0 Å². The Morgan fingerprint density at radius 2 is 2.06 bits per heavy atom. The number of amides is 2. The van der Waals surface area contributed by atoms with Crippen molar-refractivity contribution < 1.29 is 9.59 Å². The van der Waals surface area contributed by atoms with Gasteiger partial charge in [-0.25, -0.2) is 0 Å². The van der Waals surface area contributed by atoms with E-state index in [-0.39, 0.29) is 30.4 Å². The van der Waals surface area contributed by atoms with E-state index in [0.29, 0.717) is 5.92 Å². The molecule has 0 spiro atoms. The third kappa shape index (κ3) is 1.82. The van der Waals surface area contributed by atoms with Crippen LogP contribution in [-0.2, 0) is 9.59 Å². The highest BCUT2D eigenvalue weighted by Gasteiger charge is 2.45. The lowest BCUT2D eigenvalue weighted by Gasteiger charge is -2.40. The molecule has 5 atom stereocenters. The maximum atomic E-state index is 12.2. The second-order valence-corrected chi connectivity index (χ2v) is 6.33. The van der Waals surface area contributed by atoms with Crippen molar-refractivity contribution in [2.24, 2.45) is 17.8 Å². The fraction of sp³-hybridized carbons (Fsp3) is 0.857. The molecule has 1 heterocycles. The first-order valence-corrected chi connectivity index (χ1v) is 7.16. The molecule has 4 nitrogen and oxygen atoms in total. The van der Waals surface area contributed by atoms with E-state index in [1.807, 2.05) is 4.90 Å². The van der Waals surface area contributed by atoms with Crippen LogP contribution in [0, 0.1) is 17.8 Å². The van der Waals surface area contributed by atoms with Crippen molar-refractivity contribution in [3.63, 3.8) is 0 Å². The summed E-state index contributed by atoms with van der Waals surface area (Å²) in [5.74, 6) is 2.36. The summed E-state index contributed by atoms with van der Waals surface area (Å²) in [6, 6.07) is -0.131. The Labute approximate surface area is 108 Å². The summed E-state index contributed by atoms with van der Waals surface area (Å²) in [5.41, 5.74) is 0. The lowest BCUT2D eigenvalue weighted by atomic mass is 9.83. The Kier molecular flexibility index (Phi) is 2.83. The molecule has 3 aliphatic rings. The number of nitrogens with zero attached hydrogens (tertiary/aromatic N) is 1. The Hall–Kier alpha value is -1.06. The minimum Gasteiger partial charge on any atom is -0.343 e. The van der Waals surface area contributed by atoms with Crippen LogP contribution in [0.5, 0.6) is 0 Å². The fourth-order valence-corrected chi connectivity index (χ4v) is 4.29. The van der Waals surface area contributed by atoms with E-state index in [1.54, 1.807) is 6.92 Å². The van der Waals surface area contributed by atoms with Gasteiger partial charge >= 0.3 is 0 Å². The fourth-order valence-electron chi connectivity index (χ4n) is 4.29. The highest BCUT2D eigenvalue weighted by Crippen LogP contribution is 2.50. The van der Waals surface area contributed by atoms with E-state index in [4.69, 9.17) is 0 Å². The van der Waals surface area contributed by atoms with E-state index in [1.165, 1.54) is 25.7 Å². The summed E-state index contributed by atoms with van der Waals surface area (Å²) in [6.45, 7) is 4.16. The maximum Gasteiger partial charge on any atom is 0.245 e. The van der Waals surface area contributed by atoms with Gasteiger partial charge in [-0.05, 0) is 50.9 Å². The molecule has 5 unspecified atom stereocenters.